The van der Waals surface area contributed by atoms with Gasteiger partial charge in [-0.2, -0.15) is 8.42 Å². The first kappa shape index (κ1) is 18.0. The van der Waals surface area contributed by atoms with E-state index in [0.29, 0.717) is 9.26 Å². The van der Waals surface area contributed by atoms with Gasteiger partial charge in [-0.1, -0.05) is 12.1 Å². The maximum atomic E-state index is 12.3. The quantitative estimate of drug-likeness (QED) is 0.402. The lowest BCUT2D eigenvalue weighted by molar-refractivity contribution is -0.115. The fourth-order valence-corrected chi connectivity index (χ4v) is 3.46. The van der Waals surface area contributed by atoms with E-state index in [2.05, 4.69) is 5.32 Å². The van der Waals surface area contributed by atoms with Crippen LogP contribution >= 0.6 is 34.2 Å². The van der Waals surface area contributed by atoms with Crippen LogP contribution in [0.4, 0.5) is 5.69 Å². The standard InChI is InChI=1S/C15H13ClINO4S/c16-10-9-15(19)18-11-5-7-12(8-6-11)23(20,21)22-14-4-2-1-3-13(14)17/h1-8H,9-10H2,(H,18,19). The minimum atomic E-state index is -3.93. The van der Waals surface area contributed by atoms with Crippen LogP contribution in [-0.2, 0) is 14.9 Å². The molecule has 122 valence electrons. The van der Waals surface area contributed by atoms with Crippen molar-refractivity contribution in [3.63, 3.8) is 0 Å². The van der Waals surface area contributed by atoms with E-state index >= 15 is 0 Å². The number of rotatable bonds is 6. The minimum Gasteiger partial charge on any atom is -0.378 e. The van der Waals surface area contributed by atoms with Gasteiger partial charge in [-0.05, 0) is 59.0 Å². The van der Waals surface area contributed by atoms with Crippen molar-refractivity contribution in [3.8, 4) is 5.75 Å². The second-order valence-electron chi connectivity index (χ2n) is 4.48. The fourth-order valence-electron chi connectivity index (χ4n) is 1.69. The number of nitrogens with one attached hydrogen (secondary N) is 1. The fraction of sp³-hybridized carbons (Fsp3) is 0.133. The Labute approximate surface area is 153 Å². The highest BCUT2D eigenvalue weighted by Gasteiger charge is 2.18. The number of carbonyl (C=O) groups is 1. The van der Waals surface area contributed by atoms with Crippen LogP contribution in [0.1, 0.15) is 6.42 Å². The molecule has 0 fully saturated rings. The summed E-state index contributed by atoms with van der Waals surface area (Å²) in [4.78, 5) is 11.4. The van der Waals surface area contributed by atoms with Crippen molar-refractivity contribution in [2.75, 3.05) is 11.2 Å². The molecule has 5 nitrogen and oxygen atoms in total. The molecular formula is C15H13ClINO4S. The smallest absolute Gasteiger partial charge is 0.339 e. The summed E-state index contributed by atoms with van der Waals surface area (Å²) in [6.07, 6.45) is 0.192. The predicted molar refractivity (Wildman–Crippen MR) is 97.4 cm³/mol. The van der Waals surface area contributed by atoms with Gasteiger partial charge in [0.05, 0.1) is 3.57 Å². The molecule has 23 heavy (non-hydrogen) atoms. The van der Waals surface area contributed by atoms with Gasteiger partial charge >= 0.3 is 10.1 Å². The van der Waals surface area contributed by atoms with Gasteiger partial charge in [-0.25, -0.2) is 0 Å². The largest absolute Gasteiger partial charge is 0.378 e. The molecule has 0 aromatic heterocycles. The van der Waals surface area contributed by atoms with Crippen LogP contribution in [0.25, 0.3) is 0 Å². The van der Waals surface area contributed by atoms with Gasteiger partial charge < -0.3 is 9.50 Å². The predicted octanol–water partition coefficient (Wildman–Crippen LogP) is 3.63. The van der Waals surface area contributed by atoms with Crippen molar-refractivity contribution in [1.82, 2.24) is 0 Å². The SMILES string of the molecule is O=C(CCCl)Nc1ccc(S(=O)(=O)Oc2ccccc2I)cc1. The molecule has 0 radical (unpaired) electrons. The van der Waals surface area contributed by atoms with Gasteiger partial charge in [0.1, 0.15) is 4.90 Å². The zero-order chi connectivity index (χ0) is 16.9. The van der Waals surface area contributed by atoms with Gasteiger partial charge in [0.2, 0.25) is 5.91 Å². The third kappa shape index (κ3) is 5.08. The number of alkyl halides is 1. The second-order valence-corrected chi connectivity index (χ2v) is 7.57. The van der Waals surface area contributed by atoms with E-state index in [1.54, 1.807) is 24.3 Å². The number of hydrogen-bond acceptors (Lipinski definition) is 4. The summed E-state index contributed by atoms with van der Waals surface area (Å²) in [5.41, 5.74) is 0.494. The monoisotopic (exact) mass is 465 g/mol. The molecule has 0 saturated heterocycles. The highest BCUT2D eigenvalue weighted by molar-refractivity contribution is 14.1. The summed E-state index contributed by atoms with van der Waals surface area (Å²) in [7, 11) is -3.93. The number of carbonyl (C=O) groups excluding carboxylic acids is 1. The first-order valence-corrected chi connectivity index (χ1v) is 9.59. The Morgan fingerprint density at radius 1 is 1.13 bits per heavy atom. The Morgan fingerprint density at radius 2 is 1.78 bits per heavy atom. The van der Waals surface area contributed by atoms with Gasteiger partial charge in [0.25, 0.3) is 0 Å². The van der Waals surface area contributed by atoms with Gasteiger partial charge in [0.15, 0.2) is 5.75 Å². The molecule has 0 aliphatic carbocycles. The van der Waals surface area contributed by atoms with Gasteiger partial charge in [-0.3, -0.25) is 4.79 Å². The van der Waals surface area contributed by atoms with Crippen LogP contribution in [-0.4, -0.2) is 20.2 Å². The molecule has 0 aliphatic rings. The normalized spacial score (nSPS) is 11.0. The Balaban J connectivity index is 2.14. The summed E-state index contributed by atoms with van der Waals surface area (Å²) in [6.45, 7) is 0. The molecule has 0 unspecified atom stereocenters. The Hall–Kier alpha value is -1.32. The van der Waals surface area contributed by atoms with Crippen molar-refractivity contribution < 1.29 is 17.4 Å². The van der Waals surface area contributed by atoms with Crippen molar-refractivity contribution >= 4 is 55.9 Å². The molecule has 1 amide bonds. The Bertz CT molecular complexity index is 793. The van der Waals surface area contributed by atoms with E-state index < -0.39 is 10.1 Å². The molecule has 0 aliphatic heterocycles. The lowest BCUT2D eigenvalue weighted by Crippen LogP contribution is -2.13. The van der Waals surface area contributed by atoms with Crippen molar-refractivity contribution in [2.45, 2.75) is 11.3 Å². The molecule has 2 aromatic carbocycles. The number of para-hydroxylation sites is 1. The van der Waals surface area contributed by atoms with E-state index in [1.165, 1.54) is 24.3 Å². The molecule has 0 spiro atoms. The van der Waals surface area contributed by atoms with Crippen molar-refractivity contribution in [1.29, 1.82) is 0 Å². The molecule has 8 heteroatoms. The zero-order valence-corrected chi connectivity index (χ0v) is 15.6. The van der Waals surface area contributed by atoms with Crippen molar-refractivity contribution in [2.24, 2.45) is 0 Å². The first-order chi connectivity index (χ1) is 10.9. The summed E-state index contributed by atoms with van der Waals surface area (Å²) in [5.74, 6) is 0.264. The minimum absolute atomic E-state index is 0.00694. The van der Waals surface area contributed by atoms with Gasteiger partial charge in [0, 0.05) is 18.0 Å². The second kappa shape index (κ2) is 7.98. The number of halogens is 2. The molecule has 0 bridgehead atoms. The molecule has 2 aromatic rings. The molecule has 0 heterocycles. The van der Waals surface area contributed by atoms with E-state index in [1.807, 2.05) is 22.6 Å². The highest BCUT2D eigenvalue weighted by atomic mass is 127. The zero-order valence-electron chi connectivity index (χ0n) is 11.8. The lowest BCUT2D eigenvalue weighted by Gasteiger charge is -2.09. The van der Waals surface area contributed by atoms with E-state index in [0.717, 1.165) is 0 Å². The summed E-state index contributed by atoms with van der Waals surface area (Å²) in [6, 6.07) is 12.6. The molecular weight excluding hydrogens is 453 g/mol. The van der Waals surface area contributed by atoms with Crippen LogP contribution in [0.15, 0.2) is 53.4 Å². The maximum Gasteiger partial charge on any atom is 0.339 e. The van der Waals surface area contributed by atoms with Crippen LogP contribution < -0.4 is 9.50 Å². The molecule has 1 N–H and O–H groups in total. The Kier molecular flexibility index (Phi) is 6.25. The van der Waals surface area contributed by atoms with E-state index in [9.17, 15) is 13.2 Å². The number of hydrogen-bond donors (Lipinski definition) is 1. The average molecular weight is 466 g/mol. The topological polar surface area (TPSA) is 72.5 Å². The Morgan fingerprint density at radius 3 is 2.39 bits per heavy atom. The van der Waals surface area contributed by atoms with E-state index in [-0.39, 0.29) is 28.9 Å². The highest BCUT2D eigenvalue weighted by Crippen LogP contribution is 2.24. The summed E-state index contributed by atoms with van der Waals surface area (Å²) >= 11 is 7.48. The van der Waals surface area contributed by atoms with E-state index in [4.69, 9.17) is 15.8 Å². The van der Waals surface area contributed by atoms with Crippen LogP contribution in [0.3, 0.4) is 0 Å². The van der Waals surface area contributed by atoms with Crippen LogP contribution in [0.2, 0.25) is 0 Å². The first-order valence-electron chi connectivity index (χ1n) is 6.57. The lowest BCUT2D eigenvalue weighted by atomic mass is 10.3. The summed E-state index contributed by atoms with van der Waals surface area (Å²) in [5, 5.41) is 2.62. The molecule has 0 saturated carbocycles. The average Bonchev–Trinajstić information content (AvgIpc) is 2.50. The molecule has 2 rings (SSSR count). The third-order valence-electron chi connectivity index (χ3n) is 2.78. The van der Waals surface area contributed by atoms with Gasteiger partial charge in [-0.15, -0.1) is 11.6 Å². The van der Waals surface area contributed by atoms with Crippen molar-refractivity contribution in [3.05, 3.63) is 52.1 Å². The number of anilines is 1. The summed E-state index contributed by atoms with van der Waals surface area (Å²) < 4.78 is 30.4. The van der Waals surface area contributed by atoms with Crippen LogP contribution in [0, 0.1) is 3.57 Å². The number of amides is 1. The third-order valence-corrected chi connectivity index (χ3v) is 5.11. The van der Waals surface area contributed by atoms with Crippen LogP contribution in [0.5, 0.6) is 5.75 Å². The molecule has 0 atom stereocenters. The maximum absolute atomic E-state index is 12.3. The number of benzene rings is 2.